The van der Waals surface area contributed by atoms with E-state index in [2.05, 4.69) is 10.6 Å². The highest BCUT2D eigenvalue weighted by atomic mass is 16.5. The SMILES string of the molecule is COc1ccccc1CCNC(=O)C1(C(=O)Nc2cc(C)ccc2OC)CC1. The summed E-state index contributed by atoms with van der Waals surface area (Å²) in [7, 11) is 3.18. The molecule has 0 atom stereocenters. The lowest BCUT2D eigenvalue weighted by Gasteiger charge is -2.17. The summed E-state index contributed by atoms with van der Waals surface area (Å²) < 4.78 is 10.6. The Balaban J connectivity index is 1.60. The maximum atomic E-state index is 12.8. The summed E-state index contributed by atoms with van der Waals surface area (Å²) in [5.74, 6) is 0.853. The Kier molecular flexibility index (Phi) is 5.87. The second kappa shape index (κ2) is 8.33. The smallest absolute Gasteiger partial charge is 0.240 e. The monoisotopic (exact) mass is 382 g/mol. The second-order valence-corrected chi connectivity index (χ2v) is 7.06. The molecule has 0 spiro atoms. The van der Waals surface area contributed by atoms with Crippen LogP contribution in [0.15, 0.2) is 42.5 Å². The van der Waals surface area contributed by atoms with Gasteiger partial charge in [-0.25, -0.2) is 0 Å². The van der Waals surface area contributed by atoms with Crippen molar-refractivity contribution < 1.29 is 19.1 Å². The van der Waals surface area contributed by atoms with Gasteiger partial charge in [0, 0.05) is 6.54 Å². The zero-order chi connectivity index (χ0) is 20.1. The predicted octanol–water partition coefficient (Wildman–Crippen LogP) is 3.09. The molecular formula is C22H26N2O4. The zero-order valence-electron chi connectivity index (χ0n) is 16.5. The first-order valence-electron chi connectivity index (χ1n) is 9.36. The molecule has 2 aromatic rings. The van der Waals surface area contributed by atoms with Crippen molar-refractivity contribution in [1.29, 1.82) is 0 Å². The van der Waals surface area contributed by atoms with Crippen molar-refractivity contribution in [2.75, 3.05) is 26.1 Å². The van der Waals surface area contributed by atoms with Gasteiger partial charge in [-0.1, -0.05) is 24.3 Å². The molecule has 6 nitrogen and oxygen atoms in total. The van der Waals surface area contributed by atoms with Crippen LogP contribution in [0.25, 0.3) is 0 Å². The Hall–Kier alpha value is -3.02. The molecule has 0 aromatic heterocycles. The summed E-state index contributed by atoms with van der Waals surface area (Å²) in [6, 6.07) is 13.3. The highest BCUT2D eigenvalue weighted by Crippen LogP contribution is 2.47. The number of carbonyl (C=O) groups excluding carboxylic acids is 2. The molecule has 0 aliphatic heterocycles. The fourth-order valence-electron chi connectivity index (χ4n) is 3.23. The molecule has 6 heteroatoms. The van der Waals surface area contributed by atoms with Gasteiger partial charge in [-0.2, -0.15) is 0 Å². The van der Waals surface area contributed by atoms with Crippen LogP contribution in [0.1, 0.15) is 24.0 Å². The van der Waals surface area contributed by atoms with E-state index in [1.54, 1.807) is 20.3 Å². The third-order valence-corrected chi connectivity index (χ3v) is 5.09. The second-order valence-electron chi connectivity index (χ2n) is 7.06. The van der Waals surface area contributed by atoms with Gasteiger partial charge in [0.2, 0.25) is 11.8 Å². The fraction of sp³-hybridized carbons (Fsp3) is 0.364. The Morgan fingerprint density at radius 1 is 1.00 bits per heavy atom. The molecule has 2 aromatic carbocycles. The quantitative estimate of drug-likeness (QED) is 0.688. The normalized spacial score (nSPS) is 14.1. The lowest BCUT2D eigenvalue weighted by atomic mass is 10.0. The molecule has 28 heavy (non-hydrogen) atoms. The van der Waals surface area contributed by atoms with Crippen LogP contribution in [0, 0.1) is 12.3 Å². The highest BCUT2D eigenvalue weighted by molar-refractivity contribution is 6.13. The van der Waals surface area contributed by atoms with Crippen LogP contribution in [0.2, 0.25) is 0 Å². The van der Waals surface area contributed by atoms with E-state index < -0.39 is 5.41 Å². The Morgan fingerprint density at radius 2 is 1.71 bits per heavy atom. The molecule has 0 unspecified atom stereocenters. The topological polar surface area (TPSA) is 76.7 Å². The van der Waals surface area contributed by atoms with Gasteiger partial charge in [-0.3, -0.25) is 9.59 Å². The molecule has 2 N–H and O–H groups in total. The van der Waals surface area contributed by atoms with Crippen LogP contribution in [-0.4, -0.2) is 32.6 Å². The van der Waals surface area contributed by atoms with E-state index in [1.807, 2.05) is 43.3 Å². The number of anilines is 1. The van der Waals surface area contributed by atoms with Crippen molar-refractivity contribution >= 4 is 17.5 Å². The Labute approximate surface area is 165 Å². The lowest BCUT2D eigenvalue weighted by molar-refractivity contribution is -0.134. The number of methoxy groups -OCH3 is 2. The number of nitrogens with one attached hydrogen (secondary N) is 2. The van der Waals surface area contributed by atoms with E-state index in [-0.39, 0.29) is 11.8 Å². The van der Waals surface area contributed by atoms with E-state index >= 15 is 0 Å². The third-order valence-electron chi connectivity index (χ3n) is 5.09. The standard InChI is InChI=1S/C22H26N2O4/c1-15-8-9-19(28-3)17(14-15)24-21(26)22(11-12-22)20(25)23-13-10-16-6-4-5-7-18(16)27-2/h4-9,14H,10-13H2,1-3H3,(H,23,25)(H,24,26). The number of carbonyl (C=O) groups is 2. The molecule has 0 bridgehead atoms. The summed E-state index contributed by atoms with van der Waals surface area (Å²) in [6.45, 7) is 2.38. The van der Waals surface area contributed by atoms with Crippen LogP contribution >= 0.6 is 0 Å². The van der Waals surface area contributed by atoms with Crippen molar-refractivity contribution in [3.63, 3.8) is 0 Å². The number of hydrogen-bond acceptors (Lipinski definition) is 4. The number of benzene rings is 2. The van der Waals surface area contributed by atoms with Gasteiger partial charge < -0.3 is 20.1 Å². The summed E-state index contributed by atoms with van der Waals surface area (Å²) in [5.41, 5.74) is 1.61. The summed E-state index contributed by atoms with van der Waals surface area (Å²) >= 11 is 0. The summed E-state index contributed by atoms with van der Waals surface area (Å²) in [4.78, 5) is 25.5. The number of para-hydroxylation sites is 1. The number of hydrogen-bond donors (Lipinski definition) is 2. The van der Waals surface area contributed by atoms with Gasteiger partial charge >= 0.3 is 0 Å². The molecule has 1 saturated carbocycles. The van der Waals surface area contributed by atoms with Crippen LogP contribution in [0.4, 0.5) is 5.69 Å². The Bertz CT molecular complexity index is 875. The van der Waals surface area contributed by atoms with Crippen LogP contribution in [0.5, 0.6) is 11.5 Å². The average Bonchev–Trinajstić information content (AvgIpc) is 3.50. The van der Waals surface area contributed by atoms with Crippen molar-refractivity contribution in [2.45, 2.75) is 26.2 Å². The first-order chi connectivity index (χ1) is 13.5. The average molecular weight is 382 g/mol. The zero-order valence-corrected chi connectivity index (χ0v) is 16.5. The van der Waals surface area contributed by atoms with E-state index in [1.165, 1.54) is 0 Å². The largest absolute Gasteiger partial charge is 0.496 e. The van der Waals surface area contributed by atoms with Crippen LogP contribution in [0.3, 0.4) is 0 Å². The molecule has 0 radical (unpaired) electrons. The Morgan fingerprint density at radius 3 is 2.39 bits per heavy atom. The lowest BCUT2D eigenvalue weighted by Crippen LogP contribution is -2.40. The van der Waals surface area contributed by atoms with E-state index in [4.69, 9.17) is 9.47 Å². The molecule has 1 aliphatic carbocycles. The summed E-state index contributed by atoms with van der Waals surface area (Å²) in [6.07, 6.45) is 1.74. The van der Waals surface area contributed by atoms with Crippen LogP contribution in [-0.2, 0) is 16.0 Å². The maximum Gasteiger partial charge on any atom is 0.240 e. The van der Waals surface area contributed by atoms with Crippen molar-refractivity contribution in [3.8, 4) is 11.5 Å². The van der Waals surface area contributed by atoms with Gasteiger partial charge in [-0.15, -0.1) is 0 Å². The molecule has 3 rings (SSSR count). The van der Waals surface area contributed by atoms with Gasteiger partial charge in [0.05, 0.1) is 19.9 Å². The molecular weight excluding hydrogens is 356 g/mol. The van der Waals surface area contributed by atoms with Gasteiger partial charge in [-0.05, 0) is 55.5 Å². The molecule has 148 valence electrons. The van der Waals surface area contributed by atoms with E-state index in [9.17, 15) is 9.59 Å². The van der Waals surface area contributed by atoms with Gasteiger partial charge in [0.1, 0.15) is 16.9 Å². The molecule has 1 aliphatic rings. The number of amides is 2. The highest BCUT2D eigenvalue weighted by Gasteiger charge is 2.56. The van der Waals surface area contributed by atoms with Gasteiger partial charge in [0.15, 0.2) is 0 Å². The first kappa shape index (κ1) is 19.7. The molecule has 0 heterocycles. The third kappa shape index (κ3) is 4.11. The molecule has 0 saturated heterocycles. The summed E-state index contributed by atoms with van der Waals surface area (Å²) in [5, 5.41) is 5.77. The number of ether oxygens (including phenoxy) is 2. The first-order valence-corrected chi connectivity index (χ1v) is 9.36. The van der Waals surface area contributed by atoms with Crippen molar-refractivity contribution in [1.82, 2.24) is 5.32 Å². The predicted molar refractivity (Wildman–Crippen MR) is 108 cm³/mol. The fourth-order valence-corrected chi connectivity index (χ4v) is 3.23. The number of aryl methyl sites for hydroxylation is 1. The maximum absolute atomic E-state index is 12.8. The van der Waals surface area contributed by atoms with Crippen molar-refractivity contribution in [2.24, 2.45) is 5.41 Å². The molecule has 2 amide bonds. The minimum atomic E-state index is -0.991. The van der Waals surface area contributed by atoms with E-state index in [0.29, 0.717) is 37.2 Å². The van der Waals surface area contributed by atoms with Crippen molar-refractivity contribution in [3.05, 3.63) is 53.6 Å². The minimum Gasteiger partial charge on any atom is -0.496 e. The number of rotatable bonds is 8. The van der Waals surface area contributed by atoms with Gasteiger partial charge in [0.25, 0.3) is 0 Å². The van der Waals surface area contributed by atoms with E-state index in [0.717, 1.165) is 16.9 Å². The van der Waals surface area contributed by atoms with Crippen LogP contribution < -0.4 is 20.1 Å². The molecule has 1 fully saturated rings. The minimum absolute atomic E-state index is 0.230.